The molecular formula is C56H34N2. The van der Waals surface area contributed by atoms with Crippen molar-refractivity contribution in [1.82, 2.24) is 9.97 Å². The number of hydrogen-bond donors (Lipinski definition) is 0. The van der Waals surface area contributed by atoms with Gasteiger partial charge in [-0.1, -0.05) is 164 Å². The molecule has 0 saturated heterocycles. The number of hydrogen-bond acceptors (Lipinski definition) is 2. The number of rotatable bonds is 4. The molecule has 0 amide bonds. The summed E-state index contributed by atoms with van der Waals surface area (Å²) < 4.78 is 0. The van der Waals surface area contributed by atoms with Crippen LogP contribution in [0.2, 0.25) is 0 Å². The van der Waals surface area contributed by atoms with E-state index in [1.807, 2.05) is 12.3 Å². The zero-order valence-electron chi connectivity index (χ0n) is 31.5. The third-order valence-electron chi connectivity index (χ3n) is 12.0. The molecular weight excluding hydrogens is 701 g/mol. The summed E-state index contributed by atoms with van der Waals surface area (Å²) >= 11 is 0. The minimum absolute atomic E-state index is 0.966. The SMILES string of the molecule is c1ccc2ncc(-c3ccc(-c4cc5c(-c6cc7ccccc7c7ccccc67)cc(-c6cc7ccccc7c7ccccc67)nc5c5ccccc45)cc3)cc2c1. The first-order valence-corrected chi connectivity index (χ1v) is 19.9. The van der Waals surface area contributed by atoms with E-state index < -0.39 is 0 Å². The minimum atomic E-state index is 0.966. The molecule has 2 aromatic heterocycles. The summed E-state index contributed by atoms with van der Waals surface area (Å²) in [5, 5.41) is 14.4. The fraction of sp³-hybridized carbons (Fsp3) is 0. The standard InChI is InChI=1S/C56H34N2/c1-4-16-41-37(13-1)30-50(45-20-8-6-18-43(41)45)51-33-55(52-31-38-14-2-5-17-42(38)44-19-7-9-21-46(44)52)58-56-48-23-11-10-22-47(48)49(32-53(51)56)36-27-25-35(26-28-36)40-29-39-15-3-12-24-54(39)57-34-40/h1-34H. The van der Waals surface area contributed by atoms with Crippen LogP contribution < -0.4 is 0 Å². The summed E-state index contributed by atoms with van der Waals surface area (Å²) in [7, 11) is 0. The molecule has 58 heavy (non-hydrogen) atoms. The molecule has 0 aliphatic rings. The van der Waals surface area contributed by atoms with Crippen LogP contribution in [0.15, 0.2) is 206 Å². The average molecular weight is 735 g/mol. The van der Waals surface area contributed by atoms with Gasteiger partial charge in [-0.15, -0.1) is 0 Å². The van der Waals surface area contributed by atoms with Gasteiger partial charge in [0.25, 0.3) is 0 Å². The Morgan fingerprint density at radius 3 is 1.43 bits per heavy atom. The first-order chi connectivity index (χ1) is 28.7. The Bertz CT molecular complexity index is 3620. The predicted octanol–water partition coefficient (Wildman–Crippen LogP) is 15.2. The molecule has 0 spiro atoms. The molecule has 0 radical (unpaired) electrons. The van der Waals surface area contributed by atoms with Crippen LogP contribution in [0.4, 0.5) is 0 Å². The molecule has 2 heteroatoms. The van der Waals surface area contributed by atoms with Crippen LogP contribution in [0.5, 0.6) is 0 Å². The molecule has 0 bridgehead atoms. The molecule has 0 aliphatic heterocycles. The Morgan fingerprint density at radius 2 is 0.759 bits per heavy atom. The van der Waals surface area contributed by atoms with E-state index in [9.17, 15) is 0 Å². The van der Waals surface area contributed by atoms with E-state index in [1.54, 1.807) is 0 Å². The van der Waals surface area contributed by atoms with Gasteiger partial charge in [-0.2, -0.15) is 0 Å². The highest BCUT2D eigenvalue weighted by molar-refractivity contribution is 6.21. The predicted molar refractivity (Wildman–Crippen MR) is 246 cm³/mol. The Morgan fingerprint density at radius 1 is 0.276 bits per heavy atom. The van der Waals surface area contributed by atoms with Crippen LogP contribution in [-0.2, 0) is 0 Å². The van der Waals surface area contributed by atoms with E-state index in [0.717, 1.165) is 55.1 Å². The van der Waals surface area contributed by atoms with Crippen molar-refractivity contribution in [2.24, 2.45) is 0 Å². The first kappa shape index (κ1) is 32.6. The van der Waals surface area contributed by atoms with Gasteiger partial charge in [-0.05, 0) is 113 Å². The third kappa shape index (κ3) is 5.12. The lowest BCUT2D eigenvalue weighted by Gasteiger charge is -2.18. The largest absolute Gasteiger partial charge is 0.256 e. The van der Waals surface area contributed by atoms with Gasteiger partial charge in [-0.3, -0.25) is 4.98 Å². The molecule has 2 heterocycles. The molecule has 0 unspecified atom stereocenters. The molecule has 0 N–H and O–H groups in total. The third-order valence-corrected chi connectivity index (χ3v) is 12.0. The van der Waals surface area contributed by atoms with Crippen LogP contribution in [-0.4, -0.2) is 9.97 Å². The summed E-state index contributed by atoms with van der Waals surface area (Å²) in [4.78, 5) is 10.4. The van der Waals surface area contributed by atoms with Crippen molar-refractivity contribution in [3.63, 3.8) is 0 Å². The fourth-order valence-corrected chi connectivity index (χ4v) is 9.27. The molecule has 0 atom stereocenters. The second kappa shape index (κ2) is 12.9. The van der Waals surface area contributed by atoms with Gasteiger partial charge in [0, 0.05) is 33.5 Å². The van der Waals surface area contributed by atoms with Crippen molar-refractivity contribution in [1.29, 1.82) is 0 Å². The Labute approximate surface area is 335 Å². The van der Waals surface area contributed by atoms with Crippen LogP contribution >= 0.6 is 0 Å². The van der Waals surface area contributed by atoms with E-state index >= 15 is 0 Å². The average Bonchev–Trinajstić information content (AvgIpc) is 3.30. The maximum atomic E-state index is 5.67. The number of benzene rings is 10. The molecule has 2 nitrogen and oxygen atoms in total. The summed E-state index contributed by atoms with van der Waals surface area (Å²) in [5.74, 6) is 0. The molecule has 0 aliphatic carbocycles. The van der Waals surface area contributed by atoms with Crippen molar-refractivity contribution < 1.29 is 0 Å². The van der Waals surface area contributed by atoms with Crippen LogP contribution in [0.3, 0.4) is 0 Å². The minimum Gasteiger partial charge on any atom is -0.256 e. The van der Waals surface area contributed by atoms with Crippen molar-refractivity contribution >= 4 is 75.7 Å². The van der Waals surface area contributed by atoms with Gasteiger partial charge in [0.15, 0.2) is 0 Å². The molecule has 0 saturated carbocycles. The highest BCUT2D eigenvalue weighted by atomic mass is 14.7. The number of para-hydroxylation sites is 1. The van der Waals surface area contributed by atoms with Gasteiger partial charge in [0.05, 0.1) is 16.7 Å². The van der Waals surface area contributed by atoms with E-state index in [-0.39, 0.29) is 0 Å². The number of nitrogens with zero attached hydrogens (tertiary/aromatic N) is 2. The van der Waals surface area contributed by atoms with E-state index in [2.05, 4.69) is 194 Å². The van der Waals surface area contributed by atoms with Crippen molar-refractivity contribution in [2.75, 3.05) is 0 Å². The van der Waals surface area contributed by atoms with E-state index in [4.69, 9.17) is 9.97 Å². The lowest BCUT2D eigenvalue weighted by Crippen LogP contribution is -1.95. The van der Waals surface area contributed by atoms with Gasteiger partial charge in [-0.25, -0.2) is 4.98 Å². The fourth-order valence-electron chi connectivity index (χ4n) is 9.27. The van der Waals surface area contributed by atoms with Crippen molar-refractivity contribution in [3.8, 4) is 44.6 Å². The lowest BCUT2D eigenvalue weighted by atomic mass is 9.87. The maximum absolute atomic E-state index is 5.67. The van der Waals surface area contributed by atoms with Gasteiger partial charge in [0.2, 0.25) is 0 Å². The molecule has 10 aromatic carbocycles. The number of pyridine rings is 2. The highest BCUT2D eigenvalue weighted by Crippen LogP contribution is 2.45. The zero-order chi connectivity index (χ0) is 38.2. The van der Waals surface area contributed by atoms with E-state index in [1.165, 1.54) is 65.2 Å². The van der Waals surface area contributed by atoms with Crippen LogP contribution in [0, 0.1) is 0 Å². The smallest absolute Gasteiger partial charge is 0.0794 e. The molecule has 0 fully saturated rings. The first-order valence-electron chi connectivity index (χ1n) is 19.9. The van der Waals surface area contributed by atoms with Gasteiger partial charge >= 0.3 is 0 Å². The Kier molecular flexibility index (Phi) is 7.26. The second-order valence-electron chi connectivity index (χ2n) is 15.3. The molecule has 268 valence electrons. The maximum Gasteiger partial charge on any atom is 0.0794 e. The Balaban J connectivity index is 1.16. The number of fused-ring (bicyclic) bond motifs is 10. The zero-order valence-corrected chi connectivity index (χ0v) is 31.5. The quantitative estimate of drug-likeness (QED) is 0.168. The molecule has 12 aromatic rings. The van der Waals surface area contributed by atoms with Gasteiger partial charge < -0.3 is 0 Å². The Hall–Kier alpha value is -7.68. The van der Waals surface area contributed by atoms with Crippen molar-refractivity contribution in [2.45, 2.75) is 0 Å². The summed E-state index contributed by atoms with van der Waals surface area (Å²) in [6, 6.07) is 72.8. The lowest BCUT2D eigenvalue weighted by molar-refractivity contribution is 1.41. The second-order valence-corrected chi connectivity index (χ2v) is 15.3. The van der Waals surface area contributed by atoms with Crippen LogP contribution in [0.25, 0.3) is 120 Å². The summed E-state index contributed by atoms with van der Waals surface area (Å²) in [6.45, 7) is 0. The summed E-state index contributed by atoms with van der Waals surface area (Å²) in [5.41, 5.74) is 11.1. The topological polar surface area (TPSA) is 25.8 Å². The molecule has 12 rings (SSSR count). The number of aromatic nitrogens is 2. The summed E-state index contributed by atoms with van der Waals surface area (Å²) in [6.07, 6.45) is 1.98. The van der Waals surface area contributed by atoms with E-state index in [0.29, 0.717) is 0 Å². The highest BCUT2D eigenvalue weighted by Gasteiger charge is 2.20. The monoisotopic (exact) mass is 734 g/mol. The van der Waals surface area contributed by atoms with Gasteiger partial charge in [0.1, 0.15) is 0 Å². The van der Waals surface area contributed by atoms with Crippen LogP contribution in [0.1, 0.15) is 0 Å². The van der Waals surface area contributed by atoms with Crippen molar-refractivity contribution in [3.05, 3.63) is 206 Å². The normalized spacial score (nSPS) is 11.8.